The van der Waals surface area contributed by atoms with E-state index in [1.54, 1.807) is 0 Å². The van der Waals surface area contributed by atoms with E-state index in [4.69, 9.17) is 10.8 Å². The quantitative estimate of drug-likeness (QED) is 0.608. The Labute approximate surface area is 89.9 Å². The van der Waals surface area contributed by atoms with Crippen LogP contribution in [0.25, 0.3) is 0 Å². The molecule has 0 saturated heterocycles. The van der Waals surface area contributed by atoms with E-state index < -0.39 is 0 Å². The molecule has 1 aromatic carbocycles. The van der Waals surface area contributed by atoms with Crippen molar-refractivity contribution in [2.24, 2.45) is 5.73 Å². The first-order valence-corrected chi connectivity index (χ1v) is 5.07. The number of anilines is 1. The predicted octanol–water partition coefficient (Wildman–Crippen LogP) is -0.195. The molecule has 4 heteroatoms. The molecule has 0 bridgehead atoms. The van der Waals surface area contributed by atoms with Crippen molar-refractivity contribution in [3.05, 3.63) is 30.3 Å². The molecule has 0 saturated carbocycles. The Bertz CT molecular complexity index is 263. The second-order valence-corrected chi connectivity index (χ2v) is 3.32. The zero-order valence-electron chi connectivity index (χ0n) is 8.71. The van der Waals surface area contributed by atoms with Crippen LogP contribution in [0, 0.1) is 0 Å². The summed E-state index contributed by atoms with van der Waals surface area (Å²) in [5.41, 5.74) is 6.54. The van der Waals surface area contributed by atoms with Crippen molar-refractivity contribution < 1.29 is 10.2 Å². The normalized spacial score (nSPS) is 12.5. The maximum absolute atomic E-state index is 9.18. The number of nitrogens with zero attached hydrogens (tertiary/aromatic N) is 1. The Morgan fingerprint density at radius 3 is 2.33 bits per heavy atom. The van der Waals surface area contributed by atoms with E-state index in [1.165, 1.54) is 0 Å². The van der Waals surface area contributed by atoms with Crippen LogP contribution >= 0.6 is 0 Å². The first-order chi connectivity index (χ1) is 7.33. The number of nitrogens with two attached hydrogens (primary N) is 1. The van der Waals surface area contributed by atoms with Crippen LogP contribution in [0.1, 0.15) is 0 Å². The summed E-state index contributed by atoms with van der Waals surface area (Å²) < 4.78 is 0. The summed E-state index contributed by atoms with van der Waals surface area (Å²) in [4.78, 5) is 1.92. The van der Waals surface area contributed by atoms with E-state index in [-0.39, 0.29) is 19.3 Å². The molecular weight excluding hydrogens is 192 g/mol. The first-order valence-electron chi connectivity index (χ1n) is 5.07. The van der Waals surface area contributed by atoms with Crippen molar-refractivity contribution in [1.82, 2.24) is 0 Å². The molecule has 0 aromatic heterocycles. The van der Waals surface area contributed by atoms with Crippen molar-refractivity contribution in [2.75, 3.05) is 31.2 Å². The fraction of sp³-hybridized carbons (Fsp3) is 0.455. The average molecular weight is 210 g/mol. The Morgan fingerprint density at radius 2 is 1.87 bits per heavy atom. The summed E-state index contributed by atoms with van der Waals surface area (Å²) in [5, 5.41) is 18.2. The number of aliphatic hydroxyl groups is 2. The van der Waals surface area contributed by atoms with Crippen molar-refractivity contribution in [1.29, 1.82) is 0 Å². The molecule has 0 heterocycles. The highest BCUT2D eigenvalue weighted by Gasteiger charge is 2.15. The van der Waals surface area contributed by atoms with E-state index in [1.807, 2.05) is 35.2 Å². The minimum absolute atomic E-state index is 0.00854. The maximum atomic E-state index is 9.18. The monoisotopic (exact) mass is 210 g/mol. The van der Waals surface area contributed by atoms with Crippen LogP contribution in [0.2, 0.25) is 0 Å². The molecule has 0 aliphatic rings. The van der Waals surface area contributed by atoms with Crippen LogP contribution in [-0.4, -0.2) is 42.6 Å². The van der Waals surface area contributed by atoms with E-state index in [0.717, 1.165) is 5.69 Å². The Morgan fingerprint density at radius 1 is 1.20 bits per heavy atom. The first kappa shape index (κ1) is 12.0. The van der Waals surface area contributed by atoms with Gasteiger partial charge in [-0.2, -0.15) is 0 Å². The number of benzene rings is 1. The molecule has 0 aliphatic heterocycles. The molecule has 0 amide bonds. The van der Waals surface area contributed by atoms with E-state index in [2.05, 4.69) is 0 Å². The minimum atomic E-state index is -0.139. The summed E-state index contributed by atoms with van der Waals surface area (Å²) in [6.07, 6.45) is 0. The SMILES string of the molecule is NCC(CO)N(CCO)c1ccccc1. The van der Waals surface area contributed by atoms with Crippen LogP contribution in [0.4, 0.5) is 5.69 Å². The van der Waals surface area contributed by atoms with E-state index in [0.29, 0.717) is 13.1 Å². The van der Waals surface area contributed by atoms with Crippen molar-refractivity contribution in [2.45, 2.75) is 6.04 Å². The van der Waals surface area contributed by atoms with Gasteiger partial charge in [-0.05, 0) is 12.1 Å². The van der Waals surface area contributed by atoms with Gasteiger partial charge in [0.25, 0.3) is 0 Å². The van der Waals surface area contributed by atoms with Crippen molar-refractivity contribution in [3.8, 4) is 0 Å². The van der Waals surface area contributed by atoms with Gasteiger partial charge in [0.2, 0.25) is 0 Å². The summed E-state index contributed by atoms with van der Waals surface area (Å²) >= 11 is 0. The second-order valence-electron chi connectivity index (χ2n) is 3.32. The molecule has 1 rings (SSSR count). The third-order valence-electron chi connectivity index (χ3n) is 2.35. The minimum Gasteiger partial charge on any atom is -0.395 e. The van der Waals surface area contributed by atoms with Crippen molar-refractivity contribution >= 4 is 5.69 Å². The molecule has 1 aromatic rings. The third kappa shape index (κ3) is 3.20. The Balaban J connectivity index is 2.81. The number of para-hydroxylation sites is 1. The largest absolute Gasteiger partial charge is 0.395 e. The van der Waals surface area contributed by atoms with Gasteiger partial charge in [-0.15, -0.1) is 0 Å². The summed E-state index contributed by atoms with van der Waals surface area (Å²) in [7, 11) is 0. The zero-order valence-corrected chi connectivity index (χ0v) is 8.71. The van der Waals surface area contributed by atoms with Crippen LogP contribution < -0.4 is 10.6 Å². The molecule has 0 radical (unpaired) electrons. The Hall–Kier alpha value is -1.10. The van der Waals surface area contributed by atoms with Gasteiger partial charge in [-0.1, -0.05) is 18.2 Å². The fourth-order valence-electron chi connectivity index (χ4n) is 1.55. The van der Waals surface area contributed by atoms with Crippen molar-refractivity contribution in [3.63, 3.8) is 0 Å². The third-order valence-corrected chi connectivity index (χ3v) is 2.35. The van der Waals surface area contributed by atoms with Gasteiger partial charge >= 0.3 is 0 Å². The number of aliphatic hydroxyl groups excluding tert-OH is 2. The lowest BCUT2D eigenvalue weighted by Gasteiger charge is -2.31. The predicted molar refractivity (Wildman–Crippen MR) is 60.8 cm³/mol. The summed E-state index contributed by atoms with van der Waals surface area (Å²) in [5.74, 6) is 0. The average Bonchev–Trinajstić information content (AvgIpc) is 2.30. The summed E-state index contributed by atoms with van der Waals surface area (Å²) in [6, 6.07) is 9.51. The molecule has 4 nitrogen and oxygen atoms in total. The van der Waals surface area contributed by atoms with Crippen LogP contribution in [-0.2, 0) is 0 Å². The van der Waals surface area contributed by atoms with Crippen LogP contribution in [0.3, 0.4) is 0 Å². The Kier molecular flexibility index (Phi) is 5.10. The molecule has 4 N–H and O–H groups in total. The second kappa shape index (κ2) is 6.40. The molecule has 0 aliphatic carbocycles. The molecule has 0 fully saturated rings. The molecular formula is C11H18N2O2. The maximum Gasteiger partial charge on any atom is 0.0647 e. The molecule has 84 valence electrons. The number of hydrogen-bond donors (Lipinski definition) is 3. The molecule has 1 unspecified atom stereocenters. The highest BCUT2D eigenvalue weighted by Crippen LogP contribution is 2.15. The number of rotatable bonds is 6. The standard InChI is InChI=1S/C11H18N2O2/c12-8-11(9-15)13(6-7-14)10-4-2-1-3-5-10/h1-5,11,14-15H,6-9,12H2. The van der Waals surface area contributed by atoms with Gasteiger partial charge < -0.3 is 20.8 Å². The number of hydrogen-bond acceptors (Lipinski definition) is 4. The van der Waals surface area contributed by atoms with Gasteiger partial charge in [0.1, 0.15) is 0 Å². The van der Waals surface area contributed by atoms with E-state index in [9.17, 15) is 5.11 Å². The topological polar surface area (TPSA) is 69.7 Å². The zero-order chi connectivity index (χ0) is 11.1. The lowest BCUT2D eigenvalue weighted by atomic mass is 10.2. The highest BCUT2D eigenvalue weighted by molar-refractivity contribution is 5.47. The van der Waals surface area contributed by atoms with Gasteiger partial charge in [0, 0.05) is 18.8 Å². The van der Waals surface area contributed by atoms with Crippen LogP contribution in [0.5, 0.6) is 0 Å². The lowest BCUT2D eigenvalue weighted by molar-refractivity contribution is 0.248. The van der Waals surface area contributed by atoms with Gasteiger partial charge in [-0.25, -0.2) is 0 Å². The van der Waals surface area contributed by atoms with Gasteiger partial charge in [0.15, 0.2) is 0 Å². The van der Waals surface area contributed by atoms with Gasteiger partial charge in [0.05, 0.1) is 19.3 Å². The lowest BCUT2D eigenvalue weighted by Crippen LogP contribution is -2.44. The van der Waals surface area contributed by atoms with E-state index >= 15 is 0 Å². The molecule has 1 atom stereocenters. The fourth-order valence-corrected chi connectivity index (χ4v) is 1.55. The summed E-state index contributed by atoms with van der Waals surface area (Å²) in [6.45, 7) is 0.884. The highest BCUT2D eigenvalue weighted by atomic mass is 16.3. The van der Waals surface area contributed by atoms with Crippen LogP contribution in [0.15, 0.2) is 30.3 Å². The van der Waals surface area contributed by atoms with Gasteiger partial charge in [-0.3, -0.25) is 0 Å². The molecule has 15 heavy (non-hydrogen) atoms. The smallest absolute Gasteiger partial charge is 0.0647 e. The molecule has 0 spiro atoms.